The molecule has 1 aromatic carbocycles. The van der Waals surface area contributed by atoms with Crippen molar-refractivity contribution in [2.24, 2.45) is 11.8 Å². The number of piperazine rings is 1. The van der Waals surface area contributed by atoms with Gasteiger partial charge in [-0.3, -0.25) is 9.69 Å². The highest BCUT2D eigenvalue weighted by Crippen LogP contribution is 2.32. The third kappa shape index (κ3) is 5.37. The van der Waals surface area contributed by atoms with Crippen molar-refractivity contribution < 1.29 is 14.0 Å². The lowest BCUT2D eigenvalue weighted by Gasteiger charge is -2.43. The number of anilines is 1. The van der Waals surface area contributed by atoms with Crippen LogP contribution in [0.1, 0.15) is 45.4 Å². The van der Waals surface area contributed by atoms with Crippen molar-refractivity contribution in [1.82, 2.24) is 14.7 Å². The number of urea groups is 1. The van der Waals surface area contributed by atoms with Crippen LogP contribution in [0.5, 0.6) is 0 Å². The largest absolute Gasteiger partial charge is 0.341 e. The van der Waals surface area contributed by atoms with Crippen molar-refractivity contribution in [2.75, 3.05) is 44.6 Å². The predicted molar refractivity (Wildman–Crippen MR) is 119 cm³/mol. The van der Waals surface area contributed by atoms with Crippen molar-refractivity contribution >= 4 is 17.6 Å². The smallest absolute Gasteiger partial charge is 0.321 e. The Morgan fingerprint density at radius 3 is 2.29 bits per heavy atom. The standard InChI is InChI=1S/C24H35FN4O2/c1-18-9-11-28(12-10-18)23(30)22(19-5-2-3-6-19)27-13-15-29(16-14-27)24(31)26-21-8-4-7-20(25)17-21/h4,7-8,17-19,22H,2-3,5-6,9-16H2,1H3,(H,26,31)/t22-/m1/s1. The van der Waals surface area contributed by atoms with Crippen LogP contribution in [0.3, 0.4) is 0 Å². The van der Waals surface area contributed by atoms with E-state index in [1.54, 1.807) is 17.0 Å². The van der Waals surface area contributed by atoms with Gasteiger partial charge in [0.25, 0.3) is 0 Å². The average molecular weight is 431 g/mol. The van der Waals surface area contributed by atoms with Gasteiger partial charge >= 0.3 is 6.03 Å². The van der Waals surface area contributed by atoms with Gasteiger partial charge in [-0.05, 0) is 55.7 Å². The minimum absolute atomic E-state index is 0.0515. The number of amides is 3. The fraction of sp³-hybridized carbons (Fsp3) is 0.667. The lowest BCUT2D eigenvalue weighted by molar-refractivity contribution is -0.141. The maximum absolute atomic E-state index is 13.5. The van der Waals surface area contributed by atoms with Crippen LogP contribution < -0.4 is 5.32 Å². The first-order valence-electron chi connectivity index (χ1n) is 11.9. The van der Waals surface area contributed by atoms with Crippen LogP contribution in [0.2, 0.25) is 0 Å². The zero-order valence-electron chi connectivity index (χ0n) is 18.6. The molecule has 1 atom stereocenters. The molecule has 1 saturated carbocycles. The molecule has 31 heavy (non-hydrogen) atoms. The van der Waals surface area contributed by atoms with Crippen LogP contribution >= 0.6 is 0 Å². The molecular formula is C24H35FN4O2. The van der Waals surface area contributed by atoms with Crippen molar-refractivity contribution in [3.8, 4) is 0 Å². The van der Waals surface area contributed by atoms with E-state index in [4.69, 9.17) is 0 Å². The lowest BCUT2D eigenvalue weighted by Crippen LogP contribution is -2.59. The van der Waals surface area contributed by atoms with Gasteiger partial charge in [0.2, 0.25) is 5.91 Å². The molecular weight excluding hydrogens is 395 g/mol. The van der Waals surface area contributed by atoms with Crippen molar-refractivity contribution in [3.05, 3.63) is 30.1 Å². The summed E-state index contributed by atoms with van der Waals surface area (Å²) >= 11 is 0. The Labute approximate surface area is 184 Å². The van der Waals surface area contributed by atoms with Crippen molar-refractivity contribution in [2.45, 2.75) is 51.5 Å². The number of halogens is 1. The zero-order valence-corrected chi connectivity index (χ0v) is 18.6. The maximum Gasteiger partial charge on any atom is 0.321 e. The molecule has 0 aromatic heterocycles. The molecule has 6 nitrogen and oxygen atoms in total. The highest BCUT2D eigenvalue weighted by atomic mass is 19.1. The molecule has 7 heteroatoms. The summed E-state index contributed by atoms with van der Waals surface area (Å²) in [6, 6.07) is 5.69. The van der Waals surface area contributed by atoms with Gasteiger partial charge in [0.1, 0.15) is 5.82 Å². The van der Waals surface area contributed by atoms with Crippen LogP contribution in [0.4, 0.5) is 14.9 Å². The number of carbonyl (C=O) groups is 2. The topological polar surface area (TPSA) is 55.9 Å². The molecule has 2 heterocycles. The first-order valence-corrected chi connectivity index (χ1v) is 11.9. The third-order valence-electron chi connectivity index (χ3n) is 7.27. The molecule has 0 radical (unpaired) electrons. The average Bonchev–Trinajstić information content (AvgIpc) is 3.29. The van der Waals surface area contributed by atoms with Crippen LogP contribution in [0, 0.1) is 17.7 Å². The number of carbonyl (C=O) groups excluding carboxylic acids is 2. The normalized spacial score (nSPS) is 22.5. The number of nitrogens with zero attached hydrogens (tertiary/aromatic N) is 3. The third-order valence-corrected chi connectivity index (χ3v) is 7.27. The van der Waals surface area contributed by atoms with Gasteiger partial charge in [-0.2, -0.15) is 0 Å². The minimum atomic E-state index is -0.368. The molecule has 3 aliphatic rings. The fourth-order valence-corrected chi connectivity index (χ4v) is 5.32. The number of benzene rings is 1. The summed E-state index contributed by atoms with van der Waals surface area (Å²) in [6.07, 6.45) is 6.86. The SMILES string of the molecule is CC1CCN(C(=O)[C@@H](C2CCCC2)N2CCN(C(=O)Nc3cccc(F)c3)CC2)CC1. The molecule has 0 unspecified atom stereocenters. The summed E-state index contributed by atoms with van der Waals surface area (Å²) < 4.78 is 13.4. The van der Waals surface area contributed by atoms with E-state index in [9.17, 15) is 14.0 Å². The molecule has 0 spiro atoms. The molecule has 0 bridgehead atoms. The monoisotopic (exact) mass is 430 g/mol. The summed E-state index contributed by atoms with van der Waals surface area (Å²) in [4.78, 5) is 32.3. The summed E-state index contributed by atoms with van der Waals surface area (Å²) in [5.74, 6) is 1.07. The second kappa shape index (κ2) is 9.98. The van der Waals surface area contributed by atoms with Crippen molar-refractivity contribution in [3.63, 3.8) is 0 Å². The molecule has 3 fully saturated rings. The van der Waals surface area contributed by atoms with Gasteiger partial charge in [-0.15, -0.1) is 0 Å². The number of nitrogens with one attached hydrogen (secondary N) is 1. The number of piperidine rings is 1. The maximum atomic E-state index is 13.5. The summed E-state index contributed by atoms with van der Waals surface area (Å²) in [7, 11) is 0. The first-order chi connectivity index (χ1) is 15.0. The Morgan fingerprint density at radius 1 is 0.968 bits per heavy atom. The van der Waals surface area contributed by atoms with Gasteiger partial charge in [-0.25, -0.2) is 9.18 Å². The molecule has 2 saturated heterocycles. The van der Waals surface area contributed by atoms with Crippen LogP contribution in [0.15, 0.2) is 24.3 Å². The molecule has 3 amide bonds. The Kier molecular flexibility index (Phi) is 7.10. The summed E-state index contributed by atoms with van der Waals surface area (Å²) in [6.45, 7) is 6.58. The molecule has 1 N–H and O–H groups in total. The fourth-order valence-electron chi connectivity index (χ4n) is 5.32. The Hall–Kier alpha value is -2.15. The molecule has 170 valence electrons. The van der Waals surface area contributed by atoms with E-state index >= 15 is 0 Å². The van der Waals surface area contributed by atoms with Crippen LogP contribution in [-0.2, 0) is 4.79 Å². The van der Waals surface area contributed by atoms with E-state index < -0.39 is 0 Å². The summed E-state index contributed by atoms with van der Waals surface area (Å²) in [5.41, 5.74) is 0.464. The van der Waals surface area contributed by atoms with Crippen molar-refractivity contribution in [1.29, 1.82) is 0 Å². The Balaban J connectivity index is 1.37. The highest BCUT2D eigenvalue weighted by molar-refractivity contribution is 5.89. The van der Waals surface area contributed by atoms with E-state index in [0.717, 1.165) is 38.8 Å². The summed E-state index contributed by atoms with van der Waals surface area (Å²) in [5, 5.41) is 2.78. The van der Waals surface area contributed by atoms with Gasteiger partial charge in [0.15, 0.2) is 0 Å². The zero-order chi connectivity index (χ0) is 21.8. The number of hydrogen-bond donors (Lipinski definition) is 1. The van der Waals surface area contributed by atoms with Crippen LogP contribution in [0.25, 0.3) is 0 Å². The predicted octanol–water partition coefficient (Wildman–Crippen LogP) is 3.79. The van der Waals surface area contributed by atoms with Crippen LogP contribution in [-0.4, -0.2) is 71.9 Å². The lowest BCUT2D eigenvalue weighted by atomic mass is 9.92. The Morgan fingerprint density at radius 2 is 1.65 bits per heavy atom. The van der Waals surface area contributed by atoms with E-state index in [1.165, 1.54) is 25.0 Å². The van der Waals surface area contributed by atoms with Gasteiger partial charge in [0.05, 0.1) is 6.04 Å². The molecule has 4 rings (SSSR count). The van der Waals surface area contributed by atoms with E-state index in [1.807, 2.05) is 0 Å². The van der Waals surface area contributed by atoms with E-state index in [0.29, 0.717) is 49.6 Å². The first kappa shape index (κ1) is 22.1. The molecule has 2 aliphatic heterocycles. The van der Waals surface area contributed by atoms with Gasteiger partial charge in [-0.1, -0.05) is 25.8 Å². The number of rotatable bonds is 4. The Bertz CT molecular complexity index is 767. The number of likely N-dealkylation sites (tertiary alicyclic amines) is 1. The molecule has 1 aromatic rings. The molecule has 1 aliphatic carbocycles. The minimum Gasteiger partial charge on any atom is -0.341 e. The second-order valence-electron chi connectivity index (χ2n) is 9.46. The number of hydrogen-bond acceptors (Lipinski definition) is 3. The van der Waals surface area contributed by atoms with Gasteiger partial charge < -0.3 is 15.1 Å². The highest BCUT2D eigenvalue weighted by Gasteiger charge is 2.39. The second-order valence-corrected chi connectivity index (χ2v) is 9.46. The van der Waals surface area contributed by atoms with E-state index in [2.05, 4.69) is 22.0 Å². The van der Waals surface area contributed by atoms with Gasteiger partial charge in [0, 0.05) is 45.0 Å². The van der Waals surface area contributed by atoms with E-state index in [-0.39, 0.29) is 17.9 Å². The quantitative estimate of drug-likeness (QED) is 0.791.